The Balaban J connectivity index is 2.00. The zero-order chi connectivity index (χ0) is 14.4. The molecule has 0 aliphatic heterocycles. The number of rotatable bonds is 4. The maximum absolute atomic E-state index is 12.0. The molecule has 2 amide bonds. The minimum absolute atomic E-state index is 0.328. The Kier molecular flexibility index (Phi) is 4.52. The summed E-state index contributed by atoms with van der Waals surface area (Å²) in [6, 6.07) is 10.4. The highest BCUT2D eigenvalue weighted by Gasteiger charge is 2.12. The molecule has 6 heteroatoms. The van der Waals surface area contributed by atoms with E-state index in [-0.39, 0.29) is 0 Å². The van der Waals surface area contributed by atoms with Gasteiger partial charge in [-0.25, -0.2) is 0 Å². The van der Waals surface area contributed by atoms with Crippen LogP contribution in [0.15, 0.2) is 42.6 Å². The van der Waals surface area contributed by atoms with E-state index in [9.17, 15) is 9.59 Å². The number of hydrogen-bond donors (Lipinski definition) is 3. The van der Waals surface area contributed by atoms with Crippen LogP contribution in [0.2, 0.25) is 0 Å². The molecular formula is C14H15N3O3. The average molecular weight is 273 g/mol. The molecule has 0 fully saturated rings. The standard InChI is InChI=1S/C14H15N3O3/c1-20-9-10-5-2-3-6-11(10)13(18)16-17-14(19)12-7-4-8-15-12/h2-8,15H,9H2,1H3,(H,16,18)(H,17,19). The van der Waals surface area contributed by atoms with Gasteiger partial charge in [0.05, 0.1) is 6.61 Å². The molecule has 1 aromatic carbocycles. The van der Waals surface area contributed by atoms with Crippen molar-refractivity contribution in [2.45, 2.75) is 6.61 Å². The van der Waals surface area contributed by atoms with Gasteiger partial charge in [0.1, 0.15) is 5.69 Å². The van der Waals surface area contributed by atoms with Gasteiger partial charge in [0.15, 0.2) is 0 Å². The van der Waals surface area contributed by atoms with Crippen LogP contribution >= 0.6 is 0 Å². The Morgan fingerprint density at radius 2 is 1.85 bits per heavy atom. The van der Waals surface area contributed by atoms with Gasteiger partial charge in [0.25, 0.3) is 11.8 Å². The lowest BCUT2D eigenvalue weighted by molar-refractivity contribution is 0.0842. The number of aromatic amines is 1. The van der Waals surface area contributed by atoms with Gasteiger partial charge in [-0.15, -0.1) is 0 Å². The first-order valence-corrected chi connectivity index (χ1v) is 6.03. The van der Waals surface area contributed by atoms with E-state index in [0.717, 1.165) is 5.56 Å². The quantitative estimate of drug-likeness (QED) is 0.733. The number of hydrogen-bond acceptors (Lipinski definition) is 3. The van der Waals surface area contributed by atoms with Gasteiger partial charge in [-0.3, -0.25) is 20.4 Å². The highest BCUT2D eigenvalue weighted by atomic mass is 16.5. The zero-order valence-corrected chi connectivity index (χ0v) is 11.0. The summed E-state index contributed by atoms with van der Waals surface area (Å²) < 4.78 is 5.03. The van der Waals surface area contributed by atoms with Crippen LogP contribution in [0, 0.1) is 0 Å². The van der Waals surface area contributed by atoms with Crippen molar-refractivity contribution in [1.82, 2.24) is 15.8 Å². The Morgan fingerprint density at radius 1 is 1.10 bits per heavy atom. The van der Waals surface area contributed by atoms with Crippen molar-refractivity contribution in [2.75, 3.05) is 7.11 Å². The van der Waals surface area contributed by atoms with Crippen LogP contribution in [0.4, 0.5) is 0 Å². The number of amides is 2. The van der Waals surface area contributed by atoms with Gasteiger partial charge in [-0.1, -0.05) is 18.2 Å². The Bertz CT molecular complexity index is 593. The predicted molar refractivity (Wildman–Crippen MR) is 72.9 cm³/mol. The molecule has 20 heavy (non-hydrogen) atoms. The van der Waals surface area contributed by atoms with Crippen LogP contribution < -0.4 is 10.9 Å². The second-order valence-electron chi connectivity index (χ2n) is 4.08. The third-order valence-electron chi connectivity index (χ3n) is 2.69. The second-order valence-corrected chi connectivity index (χ2v) is 4.08. The lowest BCUT2D eigenvalue weighted by Gasteiger charge is -2.10. The second kappa shape index (κ2) is 6.53. The molecule has 0 saturated carbocycles. The summed E-state index contributed by atoms with van der Waals surface area (Å²) in [6.07, 6.45) is 1.63. The smallest absolute Gasteiger partial charge is 0.286 e. The monoisotopic (exact) mass is 273 g/mol. The maximum atomic E-state index is 12.0. The van der Waals surface area contributed by atoms with Gasteiger partial charge in [0, 0.05) is 18.9 Å². The van der Waals surface area contributed by atoms with Crippen LogP contribution in [-0.2, 0) is 11.3 Å². The number of carbonyl (C=O) groups excluding carboxylic acids is 2. The van der Waals surface area contributed by atoms with Crippen molar-refractivity contribution in [1.29, 1.82) is 0 Å². The molecule has 0 aliphatic carbocycles. The lowest BCUT2D eigenvalue weighted by Crippen LogP contribution is -2.42. The molecule has 104 valence electrons. The van der Waals surface area contributed by atoms with Crippen molar-refractivity contribution in [3.8, 4) is 0 Å². The first-order valence-electron chi connectivity index (χ1n) is 6.03. The highest BCUT2D eigenvalue weighted by Crippen LogP contribution is 2.09. The number of benzene rings is 1. The summed E-state index contributed by atoms with van der Waals surface area (Å²) in [5.41, 5.74) is 6.30. The van der Waals surface area contributed by atoms with Crippen LogP contribution in [0.5, 0.6) is 0 Å². The van der Waals surface area contributed by atoms with Crippen LogP contribution in [-0.4, -0.2) is 23.9 Å². The normalized spacial score (nSPS) is 10.1. The van der Waals surface area contributed by atoms with E-state index in [2.05, 4.69) is 15.8 Å². The number of ether oxygens (including phenoxy) is 1. The molecular weight excluding hydrogens is 258 g/mol. The van der Waals surface area contributed by atoms with Crippen LogP contribution in [0.25, 0.3) is 0 Å². The van der Waals surface area contributed by atoms with E-state index < -0.39 is 11.8 Å². The number of nitrogens with one attached hydrogen (secondary N) is 3. The molecule has 3 N–H and O–H groups in total. The lowest BCUT2D eigenvalue weighted by atomic mass is 10.1. The molecule has 6 nitrogen and oxygen atoms in total. The maximum Gasteiger partial charge on any atom is 0.286 e. The molecule has 1 heterocycles. The third-order valence-corrected chi connectivity index (χ3v) is 2.69. The highest BCUT2D eigenvalue weighted by molar-refractivity contribution is 5.99. The van der Waals surface area contributed by atoms with Crippen LogP contribution in [0.3, 0.4) is 0 Å². The predicted octanol–water partition coefficient (Wildman–Crippen LogP) is 1.24. The first kappa shape index (κ1) is 13.8. The minimum atomic E-state index is -0.410. The molecule has 0 spiro atoms. The van der Waals surface area contributed by atoms with E-state index in [1.54, 1.807) is 43.6 Å². The zero-order valence-electron chi connectivity index (χ0n) is 11.0. The van der Waals surface area contributed by atoms with Gasteiger partial charge >= 0.3 is 0 Å². The topological polar surface area (TPSA) is 83.2 Å². The molecule has 1 aromatic heterocycles. The minimum Gasteiger partial charge on any atom is -0.380 e. The van der Waals surface area contributed by atoms with Gasteiger partial charge in [-0.05, 0) is 23.8 Å². The molecule has 0 atom stereocenters. The fraction of sp³-hybridized carbons (Fsp3) is 0.143. The fourth-order valence-electron chi connectivity index (χ4n) is 1.74. The number of methoxy groups -OCH3 is 1. The summed E-state index contributed by atoms with van der Waals surface area (Å²) in [4.78, 5) is 26.4. The largest absolute Gasteiger partial charge is 0.380 e. The van der Waals surface area contributed by atoms with Crippen LogP contribution in [0.1, 0.15) is 26.4 Å². The summed E-state index contributed by atoms with van der Waals surface area (Å²) in [5, 5.41) is 0. The molecule has 0 bridgehead atoms. The molecule has 0 unspecified atom stereocenters. The Hall–Kier alpha value is -2.60. The SMILES string of the molecule is COCc1ccccc1C(=O)NNC(=O)c1ccc[nH]1. The Morgan fingerprint density at radius 3 is 2.55 bits per heavy atom. The van der Waals surface area contributed by atoms with E-state index in [1.165, 1.54) is 0 Å². The van der Waals surface area contributed by atoms with E-state index in [1.807, 2.05) is 6.07 Å². The summed E-state index contributed by atoms with van der Waals surface area (Å²) in [5.74, 6) is -0.801. The summed E-state index contributed by atoms with van der Waals surface area (Å²) in [7, 11) is 1.56. The van der Waals surface area contributed by atoms with Gasteiger partial charge in [0.2, 0.25) is 0 Å². The number of hydrazine groups is 1. The third kappa shape index (κ3) is 3.24. The van der Waals surface area contributed by atoms with Gasteiger partial charge < -0.3 is 9.72 Å². The fourth-order valence-corrected chi connectivity index (χ4v) is 1.74. The van der Waals surface area contributed by atoms with E-state index in [0.29, 0.717) is 17.9 Å². The van der Waals surface area contributed by atoms with Gasteiger partial charge in [-0.2, -0.15) is 0 Å². The molecule has 0 aliphatic rings. The Labute approximate surface area is 116 Å². The average Bonchev–Trinajstić information content (AvgIpc) is 2.99. The van der Waals surface area contributed by atoms with Crippen molar-refractivity contribution >= 4 is 11.8 Å². The first-order chi connectivity index (χ1) is 9.72. The van der Waals surface area contributed by atoms with E-state index >= 15 is 0 Å². The van der Waals surface area contributed by atoms with Crippen molar-refractivity contribution < 1.29 is 14.3 Å². The number of aromatic nitrogens is 1. The van der Waals surface area contributed by atoms with Crippen molar-refractivity contribution in [2.24, 2.45) is 0 Å². The molecule has 2 aromatic rings. The summed E-state index contributed by atoms with van der Waals surface area (Å²) >= 11 is 0. The molecule has 0 radical (unpaired) electrons. The van der Waals surface area contributed by atoms with E-state index in [4.69, 9.17) is 4.74 Å². The van der Waals surface area contributed by atoms with Crippen molar-refractivity contribution in [3.05, 3.63) is 59.4 Å². The van der Waals surface area contributed by atoms with Crippen molar-refractivity contribution in [3.63, 3.8) is 0 Å². The summed E-state index contributed by atoms with van der Waals surface area (Å²) in [6.45, 7) is 0.328. The molecule has 0 saturated heterocycles. The number of carbonyl (C=O) groups is 2. The molecule has 2 rings (SSSR count). The number of H-pyrrole nitrogens is 1.